The van der Waals surface area contributed by atoms with Crippen molar-refractivity contribution in [2.75, 3.05) is 30.2 Å². The molecule has 1 heterocycles. The third kappa shape index (κ3) is 6.72. The second-order valence-corrected chi connectivity index (χ2v) is 10.0. The molecule has 2 aromatic rings. The minimum absolute atomic E-state index is 0.299. The van der Waals surface area contributed by atoms with Crippen molar-refractivity contribution in [1.82, 2.24) is 10.2 Å². The fourth-order valence-corrected chi connectivity index (χ4v) is 4.66. The van der Waals surface area contributed by atoms with Gasteiger partial charge in [0.2, 0.25) is 15.9 Å². The molecule has 3 rings (SSSR count). The van der Waals surface area contributed by atoms with Crippen molar-refractivity contribution in [3.05, 3.63) is 64.7 Å². The second-order valence-electron chi connectivity index (χ2n) is 7.68. The van der Waals surface area contributed by atoms with Crippen molar-refractivity contribution in [1.29, 1.82) is 0 Å². The minimum atomic E-state index is -3.63. The Hall–Kier alpha value is -2.09. The number of nitrogens with one attached hydrogen (secondary N) is 1. The lowest BCUT2D eigenvalue weighted by Gasteiger charge is -2.26. The zero-order valence-electron chi connectivity index (χ0n) is 17.2. The maximum Gasteiger partial charge on any atom is 0.241 e. The molecule has 1 aliphatic heterocycles. The first-order valence-corrected chi connectivity index (χ1v) is 12.3. The summed E-state index contributed by atoms with van der Waals surface area (Å²) in [7, 11) is -3.63. The Bertz CT molecular complexity index is 975. The molecule has 0 saturated carbocycles. The van der Waals surface area contributed by atoms with Gasteiger partial charge in [-0.3, -0.25) is 14.0 Å². The Kier molecular flexibility index (Phi) is 7.75. The van der Waals surface area contributed by atoms with Crippen LogP contribution in [0.3, 0.4) is 0 Å². The summed E-state index contributed by atoms with van der Waals surface area (Å²) in [5.41, 5.74) is 2.58. The average molecular weight is 450 g/mol. The van der Waals surface area contributed by atoms with Gasteiger partial charge in [0.05, 0.1) is 11.9 Å². The summed E-state index contributed by atoms with van der Waals surface area (Å²) in [6.07, 6.45) is 4.88. The number of hydrogen-bond acceptors (Lipinski definition) is 4. The van der Waals surface area contributed by atoms with Gasteiger partial charge in [0, 0.05) is 18.1 Å². The van der Waals surface area contributed by atoms with Crippen molar-refractivity contribution in [3.63, 3.8) is 0 Å². The molecule has 0 bridgehead atoms. The SMILES string of the molecule is CS(=O)(=O)N(CC(=O)NCc1cccc(CN2CCCCC2)c1)c1cccc(Cl)c1. The van der Waals surface area contributed by atoms with E-state index < -0.39 is 10.0 Å². The Morgan fingerprint density at radius 1 is 1.07 bits per heavy atom. The Balaban J connectivity index is 1.59. The lowest BCUT2D eigenvalue weighted by Crippen LogP contribution is -2.40. The molecule has 0 unspecified atom stereocenters. The van der Waals surface area contributed by atoms with Gasteiger partial charge in [0.1, 0.15) is 6.54 Å². The van der Waals surface area contributed by atoms with Gasteiger partial charge < -0.3 is 5.32 Å². The van der Waals surface area contributed by atoms with Crippen LogP contribution in [0.15, 0.2) is 48.5 Å². The maximum absolute atomic E-state index is 12.5. The molecule has 0 radical (unpaired) electrons. The van der Waals surface area contributed by atoms with Crippen molar-refractivity contribution in [2.24, 2.45) is 0 Å². The number of amides is 1. The summed E-state index contributed by atoms with van der Waals surface area (Å²) in [5, 5.41) is 3.23. The van der Waals surface area contributed by atoms with Crippen LogP contribution in [0.1, 0.15) is 30.4 Å². The zero-order chi connectivity index (χ0) is 21.6. The molecule has 0 atom stereocenters. The number of carbonyl (C=O) groups is 1. The van der Waals surface area contributed by atoms with Gasteiger partial charge in [0.15, 0.2) is 0 Å². The molecular weight excluding hydrogens is 422 g/mol. The van der Waals surface area contributed by atoms with Crippen molar-refractivity contribution >= 4 is 33.2 Å². The molecule has 0 aromatic heterocycles. The van der Waals surface area contributed by atoms with E-state index in [1.54, 1.807) is 18.2 Å². The molecule has 0 aliphatic carbocycles. The molecule has 1 saturated heterocycles. The van der Waals surface area contributed by atoms with Crippen LogP contribution in [0.25, 0.3) is 0 Å². The Morgan fingerprint density at radius 2 is 1.77 bits per heavy atom. The molecule has 0 spiro atoms. The minimum Gasteiger partial charge on any atom is -0.350 e. The number of piperidine rings is 1. The molecule has 8 heteroatoms. The lowest BCUT2D eigenvalue weighted by molar-refractivity contribution is -0.119. The summed E-state index contributed by atoms with van der Waals surface area (Å²) in [6.45, 7) is 3.22. The quantitative estimate of drug-likeness (QED) is 0.670. The normalized spacial score (nSPS) is 15.0. The number of halogens is 1. The summed E-state index contributed by atoms with van der Waals surface area (Å²) in [6, 6.07) is 14.6. The first-order valence-electron chi connectivity index (χ1n) is 10.1. The second kappa shape index (κ2) is 10.3. The van der Waals surface area contributed by atoms with Crippen LogP contribution in [-0.2, 0) is 27.9 Å². The number of sulfonamides is 1. The number of hydrogen-bond donors (Lipinski definition) is 1. The van der Waals surface area contributed by atoms with E-state index >= 15 is 0 Å². The van der Waals surface area contributed by atoms with Crippen LogP contribution in [0.5, 0.6) is 0 Å². The predicted octanol–water partition coefficient (Wildman–Crippen LogP) is 3.41. The summed E-state index contributed by atoms with van der Waals surface area (Å²) < 4.78 is 25.4. The molecule has 2 aromatic carbocycles. The topological polar surface area (TPSA) is 69.7 Å². The van der Waals surface area contributed by atoms with Gasteiger partial charge in [-0.15, -0.1) is 0 Å². The highest BCUT2D eigenvalue weighted by molar-refractivity contribution is 7.92. The average Bonchev–Trinajstić information content (AvgIpc) is 2.71. The van der Waals surface area contributed by atoms with Crippen LogP contribution in [-0.4, -0.2) is 45.1 Å². The molecule has 6 nitrogen and oxygen atoms in total. The third-order valence-corrected chi connectivity index (χ3v) is 6.50. The number of benzene rings is 2. The third-order valence-electron chi connectivity index (χ3n) is 5.12. The monoisotopic (exact) mass is 449 g/mol. The van der Waals surface area contributed by atoms with E-state index in [1.807, 2.05) is 12.1 Å². The van der Waals surface area contributed by atoms with E-state index in [0.29, 0.717) is 17.3 Å². The molecule has 1 aliphatic rings. The zero-order valence-corrected chi connectivity index (χ0v) is 18.8. The van der Waals surface area contributed by atoms with Crippen LogP contribution >= 0.6 is 11.6 Å². The molecule has 162 valence electrons. The Labute approximate surface area is 183 Å². The van der Waals surface area contributed by atoms with Gasteiger partial charge in [-0.2, -0.15) is 0 Å². The van der Waals surface area contributed by atoms with E-state index in [0.717, 1.165) is 35.8 Å². The largest absolute Gasteiger partial charge is 0.350 e. The van der Waals surface area contributed by atoms with Gasteiger partial charge >= 0.3 is 0 Å². The van der Waals surface area contributed by atoms with Crippen LogP contribution in [0.4, 0.5) is 5.69 Å². The van der Waals surface area contributed by atoms with Crippen molar-refractivity contribution in [3.8, 4) is 0 Å². The molecule has 30 heavy (non-hydrogen) atoms. The highest BCUT2D eigenvalue weighted by Crippen LogP contribution is 2.21. The van der Waals surface area contributed by atoms with Crippen molar-refractivity contribution in [2.45, 2.75) is 32.4 Å². The molecule has 1 N–H and O–H groups in total. The van der Waals surface area contributed by atoms with E-state index in [-0.39, 0.29) is 12.5 Å². The number of nitrogens with zero attached hydrogens (tertiary/aromatic N) is 2. The van der Waals surface area contributed by atoms with Crippen LogP contribution in [0.2, 0.25) is 5.02 Å². The van der Waals surface area contributed by atoms with E-state index in [2.05, 4.69) is 22.3 Å². The van der Waals surface area contributed by atoms with E-state index in [9.17, 15) is 13.2 Å². The Morgan fingerprint density at radius 3 is 2.47 bits per heavy atom. The van der Waals surface area contributed by atoms with Crippen LogP contribution < -0.4 is 9.62 Å². The molecule has 1 fully saturated rings. The molecule has 1 amide bonds. The summed E-state index contributed by atoms with van der Waals surface area (Å²) in [4.78, 5) is 14.9. The standard InChI is InChI=1S/C22H28ClN3O3S/c1-30(28,29)26(21-10-6-9-20(23)14-21)17-22(27)24-15-18-7-5-8-19(13-18)16-25-11-3-2-4-12-25/h5-10,13-14H,2-4,11-12,15-17H2,1H3,(H,24,27). The number of likely N-dealkylation sites (tertiary alicyclic amines) is 1. The maximum atomic E-state index is 12.5. The van der Waals surface area contributed by atoms with Gasteiger partial charge in [0.25, 0.3) is 0 Å². The summed E-state index contributed by atoms with van der Waals surface area (Å²) >= 11 is 5.98. The fourth-order valence-electron chi connectivity index (χ4n) is 3.63. The first kappa shape index (κ1) is 22.6. The van der Waals surface area contributed by atoms with Gasteiger partial charge in [-0.25, -0.2) is 8.42 Å². The predicted molar refractivity (Wildman–Crippen MR) is 121 cm³/mol. The smallest absolute Gasteiger partial charge is 0.241 e. The van der Waals surface area contributed by atoms with E-state index in [4.69, 9.17) is 11.6 Å². The fraction of sp³-hybridized carbons (Fsp3) is 0.409. The number of rotatable bonds is 8. The van der Waals surface area contributed by atoms with Gasteiger partial charge in [-0.1, -0.05) is 48.4 Å². The van der Waals surface area contributed by atoms with Crippen molar-refractivity contribution < 1.29 is 13.2 Å². The number of anilines is 1. The lowest BCUT2D eigenvalue weighted by atomic mass is 10.1. The van der Waals surface area contributed by atoms with E-state index in [1.165, 1.54) is 30.9 Å². The first-order chi connectivity index (χ1) is 14.3. The van der Waals surface area contributed by atoms with Crippen LogP contribution in [0, 0.1) is 0 Å². The highest BCUT2D eigenvalue weighted by Gasteiger charge is 2.21. The van der Waals surface area contributed by atoms with Gasteiger partial charge in [-0.05, 0) is 55.3 Å². The number of carbonyl (C=O) groups excluding carboxylic acids is 1. The molecular formula is C22H28ClN3O3S. The summed E-state index contributed by atoms with van der Waals surface area (Å²) in [5.74, 6) is -0.373. The highest BCUT2D eigenvalue weighted by atomic mass is 35.5.